The van der Waals surface area contributed by atoms with E-state index in [0.717, 1.165) is 28.0 Å². The third kappa shape index (κ3) is 1.95. The Kier molecular flexibility index (Phi) is 2.72. The summed E-state index contributed by atoms with van der Waals surface area (Å²) in [5, 5.41) is 7.45. The van der Waals surface area contributed by atoms with Gasteiger partial charge >= 0.3 is 0 Å². The van der Waals surface area contributed by atoms with Crippen molar-refractivity contribution in [1.82, 2.24) is 15.6 Å². The topological polar surface area (TPSA) is 78.2 Å². The number of hydrogen-bond donors (Lipinski definition) is 4. The first-order chi connectivity index (χ1) is 9.29. The summed E-state index contributed by atoms with van der Waals surface area (Å²) >= 11 is 0. The van der Waals surface area contributed by atoms with E-state index in [2.05, 4.69) is 32.7 Å². The molecule has 0 saturated carbocycles. The standard InChI is InChI=1S/C14H15N5/c1-16-12(13-14(15)18-7-6-17-13)11-8-9-4-2-3-5-10(9)19-11/h2-8,16-17,19H,1H3,(H2,15,18)/b13-12-. The van der Waals surface area contributed by atoms with Gasteiger partial charge in [-0.2, -0.15) is 0 Å². The SMILES string of the molecule is CN/C(=C1\NC=CN=C1N)c1cc2ccccc2[nH]1. The molecule has 0 amide bonds. The number of hydrogen-bond acceptors (Lipinski definition) is 4. The van der Waals surface area contributed by atoms with Gasteiger partial charge in [-0.25, -0.2) is 4.99 Å². The van der Waals surface area contributed by atoms with E-state index in [1.54, 1.807) is 12.4 Å². The molecule has 96 valence electrons. The molecule has 1 aliphatic rings. The third-order valence-electron chi connectivity index (χ3n) is 3.07. The van der Waals surface area contributed by atoms with Crippen LogP contribution in [0.3, 0.4) is 0 Å². The Morgan fingerprint density at radius 2 is 2.16 bits per heavy atom. The van der Waals surface area contributed by atoms with E-state index in [1.807, 2.05) is 25.2 Å². The zero-order chi connectivity index (χ0) is 13.2. The molecule has 0 aliphatic carbocycles. The van der Waals surface area contributed by atoms with Crippen LogP contribution in [0, 0.1) is 0 Å². The first kappa shape index (κ1) is 11.4. The fraction of sp³-hybridized carbons (Fsp3) is 0.0714. The van der Waals surface area contributed by atoms with Crippen molar-refractivity contribution in [2.24, 2.45) is 10.7 Å². The predicted molar refractivity (Wildman–Crippen MR) is 78.2 cm³/mol. The third-order valence-corrected chi connectivity index (χ3v) is 3.07. The van der Waals surface area contributed by atoms with Crippen molar-refractivity contribution < 1.29 is 0 Å². The van der Waals surface area contributed by atoms with E-state index in [9.17, 15) is 0 Å². The monoisotopic (exact) mass is 253 g/mol. The van der Waals surface area contributed by atoms with E-state index in [1.165, 1.54) is 0 Å². The van der Waals surface area contributed by atoms with Gasteiger partial charge in [0.25, 0.3) is 0 Å². The first-order valence-corrected chi connectivity index (χ1v) is 6.05. The number of aliphatic imine (C=N–C) groups is 1. The molecule has 1 aromatic heterocycles. The highest BCUT2D eigenvalue weighted by Crippen LogP contribution is 2.21. The molecule has 0 bridgehead atoms. The number of aromatic nitrogens is 1. The van der Waals surface area contributed by atoms with Gasteiger partial charge in [0.05, 0.1) is 11.4 Å². The van der Waals surface area contributed by atoms with Crippen LogP contribution < -0.4 is 16.4 Å². The average Bonchev–Trinajstić information content (AvgIpc) is 2.85. The van der Waals surface area contributed by atoms with E-state index < -0.39 is 0 Å². The zero-order valence-electron chi connectivity index (χ0n) is 10.6. The van der Waals surface area contributed by atoms with Crippen LogP contribution >= 0.6 is 0 Å². The van der Waals surface area contributed by atoms with Gasteiger partial charge in [-0.15, -0.1) is 0 Å². The number of nitrogens with one attached hydrogen (secondary N) is 3. The summed E-state index contributed by atoms with van der Waals surface area (Å²) in [7, 11) is 1.86. The van der Waals surface area contributed by atoms with Crippen molar-refractivity contribution in [1.29, 1.82) is 0 Å². The zero-order valence-corrected chi connectivity index (χ0v) is 10.6. The van der Waals surface area contributed by atoms with Gasteiger partial charge < -0.3 is 21.4 Å². The molecular weight excluding hydrogens is 238 g/mol. The largest absolute Gasteiger partial charge is 0.385 e. The fourth-order valence-corrected chi connectivity index (χ4v) is 2.18. The van der Waals surface area contributed by atoms with Crippen LogP contribution in [0.25, 0.3) is 16.6 Å². The van der Waals surface area contributed by atoms with E-state index in [4.69, 9.17) is 5.73 Å². The molecule has 0 spiro atoms. The first-order valence-electron chi connectivity index (χ1n) is 6.05. The van der Waals surface area contributed by atoms with E-state index >= 15 is 0 Å². The number of rotatable bonds is 2. The van der Waals surface area contributed by atoms with Crippen molar-refractivity contribution >= 4 is 22.4 Å². The maximum atomic E-state index is 5.91. The highest BCUT2D eigenvalue weighted by Gasteiger charge is 2.14. The molecule has 0 unspecified atom stereocenters. The van der Waals surface area contributed by atoms with Crippen molar-refractivity contribution in [2.75, 3.05) is 7.05 Å². The molecule has 0 saturated heterocycles. The van der Waals surface area contributed by atoms with Crippen molar-refractivity contribution in [3.8, 4) is 0 Å². The van der Waals surface area contributed by atoms with E-state index in [0.29, 0.717) is 5.84 Å². The smallest absolute Gasteiger partial charge is 0.149 e. The number of nitrogens with two attached hydrogens (primary N) is 1. The number of benzene rings is 1. The molecule has 1 aliphatic heterocycles. The number of amidine groups is 1. The van der Waals surface area contributed by atoms with Crippen LogP contribution in [-0.4, -0.2) is 17.9 Å². The van der Waals surface area contributed by atoms with Crippen LogP contribution in [0.5, 0.6) is 0 Å². The van der Waals surface area contributed by atoms with Crippen molar-refractivity contribution in [3.63, 3.8) is 0 Å². The Morgan fingerprint density at radius 1 is 1.32 bits per heavy atom. The van der Waals surface area contributed by atoms with Crippen molar-refractivity contribution in [3.05, 3.63) is 54.1 Å². The average molecular weight is 253 g/mol. The molecule has 0 fully saturated rings. The molecule has 2 aromatic rings. The lowest BCUT2D eigenvalue weighted by molar-refractivity contribution is 1.02. The molecule has 0 radical (unpaired) electrons. The second-order valence-electron chi connectivity index (χ2n) is 4.24. The van der Waals surface area contributed by atoms with E-state index in [-0.39, 0.29) is 0 Å². The van der Waals surface area contributed by atoms with Crippen LogP contribution in [0.4, 0.5) is 0 Å². The van der Waals surface area contributed by atoms with Crippen LogP contribution in [0.2, 0.25) is 0 Å². The van der Waals surface area contributed by atoms with Crippen LogP contribution in [0.1, 0.15) is 5.69 Å². The Morgan fingerprint density at radius 3 is 2.89 bits per heavy atom. The number of aromatic amines is 1. The highest BCUT2D eigenvalue weighted by atomic mass is 15.0. The van der Waals surface area contributed by atoms with Gasteiger partial charge in [0.2, 0.25) is 0 Å². The summed E-state index contributed by atoms with van der Waals surface area (Å²) < 4.78 is 0. The summed E-state index contributed by atoms with van der Waals surface area (Å²) in [4.78, 5) is 7.47. The molecule has 5 heteroatoms. The Labute approximate surface area is 110 Å². The summed E-state index contributed by atoms with van der Waals surface area (Å²) in [6.45, 7) is 0. The minimum atomic E-state index is 0.463. The minimum Gasteiger partial charge on any atom is -0.385 e. The molecule has 19 heavy (non-hydrogen) atoms. The summed E-state index contributed by atoms with van der Waals surface area (Å²) in [6, 6.07) is 10.2. The Hall–Kier alpha value is -2.69. The predicted octanol–water partition coefficient (Wildman–Crippen LogP) is 1.49. The van der Waals surface area contributed by atoms with Gasteiger partial charge in [0, 0.05) is 30.4 Å². The van der Waals surface area contributed by atoms with Gasteiger partial charge in [-0.05, 0) is 12.1 Å². The molecule has 5 N–H and O–H groups in total. The van der Waals surface area contributed by atoms with Crippen LogP contribution in [0.15, 0.2) is 53.4 Å². The maximum absolute atomic E-state index is 5.91. The quantitative estimate of drug-likeness (QED) is 0.654. The van der Waals surface area contributed by atoms with Gasteiger partial charge in [-0.1, -0.05) is 18.2 Å². The van der Waals surface area contributed by atoms with Gasteiger partial charge in [-0.3, -0.25) is 0 Å². The second kappa shape index (κ2) is 4.53. The lowest BCUT2D eigenvalue weighted by Gasteiger charge is -2.15. The summed E-state index contributed by atoms with van der Waals surface area (Å²) in [6.07, 6.45) is 3.39. The van der Waals surface area contributed by atoms with Crippen LogP contribution in [-0.2, 0) is 0 Å². The Bertz CT molecular complexity index is 672. The normalized spacial score (nSPS) is 17.0. The number of nitrogens with zero attached hydrogens (tertiary/aromatic N) is 1. The van der Waals surface area contributed by atoms with Gasteiger partial charge in [0.1, 0.15) is 11.5 Å². The highest BCUT2D eigenvalue weighted by molar-refractivity contribution is 6.04. The fourth-order valence-electron chi connectivity index (χ4n) is 2.18. The number of H-pyrrole nitrogens is 1. The molecule has 1 aromatic carbocycles. The summed E-state index contributed by atoms with van der Waals surface area (Å²) in [5.41, 5.74) is 9.64. The van der Waals surface area contributed by atoms with Crippen molar-refractivity contribution in [2.45, 2.75) is 0 Å². The molecule has 2 heterocycles. The second-order valence-corrected chi connectivity index (χ2v) is 4.24. The maximum Gasteiger partial charge on any atom is 0.149 e. The summed E-state index contributed by atoms with van der Waals surface area (Å²) in [5.74, 6) is 0.463. The number of fused-ring (bicyclic) bond motifs is 1. The molecule has 5 nitrogen and oxygen atoms in total. The lowest BCUT2D eigenvalue weighted by Crippen LogP contribution is -2.29. The number of para-hydroxylation sites is 1. The molecule has 0 atom stereocenters. The van der Waals surface area contributed by atoms with Gasteiger partial charge in [0.15, 0.2) is 0 Å². The molecule has 3 rings (SSSR count). The minimum absolute atomic E-state index is 0.463. The lowest BCUT2D eigenvalue weighted by atomic mass is 10.2. The molecular formula is C14H15N5. The Balaban J connectivity index is 2.14.